The van der Waals surface area contributed by atoms with Crippen LogP contribution >= 0.6 is 0 Å². The van der Waals surface area contributed by atoms with E-state index in [1.807, 2.05) is 13.8 Å². The van der Waals surface area contributed by atoms with Crippen molar-refractivity contribution in [2.75, 3.05) is 7.11 Å². The Morgan fingerprint density at radius 1 is 1.06 bits per heavy atom. The summed E-state index contributed by atoms with van der Waals surface area (Å²) in [7, 11) is -0.168. The van der Waals surface area contributed by atoms with E-state index in [1.165, 1.54) is 0 Å². The first-order chi connectivity index (χ1) is 7.63. The molecule has 0 aliphatic heterocycles. The van der Waals surface area contributed by atoms with Gasteiger partial charge in [0.1, 0.15) is 11.5 Å². The van der Waals surface area contributed by atoms with Gasteiger partial charge in [0, 0.05) is 5.56 Å². The van der Waals surface area contributed by atoms with Crippen LogP contribution in [-0.4, -0.2) is 24.5 Å². The van der Waals surface area contributed by atoms with E-state index in [2.05, 4.69) is 0 Å². The first-order valence-corrected chi connectivity index (χ1v) is 5.35. The van der Waals surface area contributed by atoms with Crippen molar-refractivity contribution in [1.82, 2.24) is 0 Å². The molecule has 0 amide bonds. The highest BCUT2D eigenvalue weighted by Crippen LogP contribution is 2.31. The summed E-state index contributed by atoms with van der Waals surface area (Å²) in [6.45, 7) is 4.01. The van der Waals surface area contributed by atoms with E-state index in [0.29, 0.717) is 5.75 Å². The Bertz CT molecular complexity index is 352. The first kappa shape index (κ1) is 12.9. The van der Waals surface area contributed by atoms with Crippen molar-refractivity contribution in [2.24, 2.45) is 0 Å². The molecule has 1 rings (SSSR count). The fraction of sp³-hybridized carbons (Fsp3) is 0.455. The third-order valence-corrected chi connectivity index (χ3v) is 2.50. The number of ether oxygens (including phenoxy) is 1. The van der Waals surface area contributed by atoms with Gasteiger partial charge in [0.15, 0.2) is 0 Å². The highest BCUT2D eigenvalue weighted by molar-refractivity contribution is 6.33. The van der Waals surface area contributed by atoms with E-state index < -0.39 is 7.32 Å². The van der Waals surface area contributed by atoms with Gasteiger partial charge in [-0.2, -0.15) is 0 Å². The lowest BCUT2D eigenvalue weighted by Crippen LogP contribution is -2.21. The second-order valence-corrected chi connectivity index (χ2v) is 3.37. The van der Waals surface area contributed by atoms with E-state index in [0.717, 1.165) is 29.7 Å². The molecule has 0 spiro atoms. The van der Waals surface area contributed by atoms with Gasteiger partial charge in [-0.15, -0.1) is 0 Å². The Balaban J connectivity index is 3.20. The number of hydrogen-bond donors (Lipinski definition) is 2. The molecule has 16 heavy (non-hydrogen) atoms. The maximum Gasteiger partial charge on any atom is 0.707 e. The normalized spacial score (nSPS) is 10.1. The zero-order valence-corrected chi connectivity index (χ0v) is 9.86. The molecule has 5 heteroatoms. The number of methoxy groups -OCH3 is 1. The van der Waals surface area contributed by atoms with Crippen molar-refractivity contribution in [2.45, 2.75) is 26.7 Å². The molecule has 4 nitrogen and oxygen atoms in total. The molecule has 2 N–H and O–H groups in total. The summed E-state index contributed by atoms with van der Waals surface area (Å²) in [5.74, 6) is 1.30. The molecule has 0 atom stereocenters. The van der Waals surface area contributed by atoms with Gasteiger partial charge in [0.05, 0.1) is 7.11 Å². The van der Waals surface area contributed by atoms with Gasteiger partial charge in [-0.25, -0.2) is 0 Å². The first-order valence-electron chi connectivity index (χ1n) is 5.35. The molecule has 1 aromatic rings. The van der Waals surface area contributed by atoms with Crippen molar-refractivity contribution in [3.8, 4) is 11.5 Å². The molecule has 0 radical (unpaired) electrons. The lowest BCUT2D eigenvalue weighted by molar-refractivity contribution is 0.286. The SMILES string of the molecule is CCc1c(OC)ccc(OB(O)O)c1CC. The van der Waals surface area contributed by atoms with Gasteiger partial charge in [-0.1, -0.05) is 13.8 Å². The Morgan fingerprint density at radius 3 is 2.00 bits per heavy atom. The Labute approximate surface area is 96.0 Å². The van der Waals surface area contributed by atoms with Gasteiger partial charge >= 0.3 is 7.32 Å². The standard InChI is InChI=1S/C11H17BO4/c1-4-8-9(5-2)11(16-12(13)14)7-6-10(8)15-3/h6-7,13-14H,4-5H2,1-3H3. The van der Waals surface area contributed by atoms with Gasteiger partial charge in [0.2, 0.25) is 0 Å². The van der Waals surface area contributed by atoms with E-state index in [4.69, 9.17) is 19.4 Å². The summed E-state index contributed by atoms with van der Waals surface area (Å²) in [5, 5.41) is 17.6. The van der Waals surface area contributed by atoms with Crippen LogP contribution in [0, 0.1) is 0 Å². The molecular formula is C11H17BO4. The minimum Gasteiger partial charge on any atom is -0.512 e. The van der Waals surface area contributed by atoms with Crippen LogP contribution in [-0.2, 0) is 12.8 Å². The van der Waals surface area contributed by atoms with Crippen LogP contribution in [0.3, 0.4) is 0 Å². The summed E-state index contributed by atoms with van der Waals surface area (Å²) < 4.78 is 10.2. The van der Waals surface area contributed by atoms with Crippen LogP contribution < -0.4 is 9.39 Å². The molecule has 0 saturated carbocycles. The molecule has 0 aliphatic rings. The van der Waals surface area contributed by atoms with Crippen molar-refractivity contribution in [3.05, 3.63) is 23.3 Å². The maximum absolute atomic E-state index is 8.82. The fourth-order valence-corrected chi connectivity index (χ4v) is 1.84. The smallest absolute Gasteiger partial charge is 0.512 e. The summed E-state index contributed by atoms with van der Waals surface area (Å²) in [6, 6.07) is 3.46. The largest absolute Gasteiger partial charge is 0.707 e. The zero-order chi connectivity index (χ0) is 12.1. The van der Waals surface area contributed by atoms with E-state index in [9.17, 15) is 0 Å². The molecule has 88 valence electrons. The highest BCUT2D eigenvalue weighted by atomic mass is 16.6. The zero-order valence-electron chi connectivity index (χ0n) is 9.86. The predicted octanol–water partition coefficient (Wildman–Crippen LogP) is 1.17. The van der Waals surface area contributed by atoms with Crippen LogP contribution in [0.2, 0.25) is 0 Å². The van der Waals surface area contributed by atoms with Crippen LogP contribution in [0.1, 0.15) is 25.0 Å². The second kappa shape index (κ2) is 5.77. The van der Waals surface area contributed by atoms with E-state index in [-0.39, 0.29) is 0 Å². The quantitative estimate of drug-likeness (QED) is 0.737. The summed E-state index contributed by atoms with van der Waals surface area (Å²) in [6.07, 6.45) is 1.56. The van der Waals surface area contributed by atoms with Crippen molar-refractivity contribution >= 4 is 7.32 Å². The maximum atomic E-state index is 8.82. The van der Waals surface area contributed by atoms with Crippen molar-refractivity contribution in [3.63, 3.8) is 0 Å². The van der Waals surface area contributed by atoms with E-state index >= 15 is 0 Å². The van der Waals surface area contributed by atoms with Crippen LogP contribution in [0.5, 0.6) is 11.5 Å². The van der Waals surface area contributed by atoms with Gasteiger partial charge in [-0.05, 0) is 30.5 Å². The van der Waals surface area contributed by atoms with Crippen LogP contribution in [0.15, 0.2) is 12.1 Å². The minimum atomic E-state index is -1.79. The number of benzene rings is 1. The Hall–Kier alpha value is -1.20. The van der Waals surface area contributed by atoms with Crippen LogP contribution in [0.4, 0.5) is 0 Å². The topological polar surface area (TPSA) is 58.9 Å². The molecule has 0 saturated heterocycles. The van der Waals surface area contributed by atoms with Crippen LogP contribution in [0.25, 0.3) is 0 Å². The van der Waals surface area contributed by atoms with Gasteiger partial charge in [0.25, 0.3) is 0 Å². The molecule has 1 aromatic carbocycles. The molecule has 0 fully saturated rings. The Morgan fingerprint density at radius 2 is 1.56 bits per heavy atom. The average molecular weight is 224 g/mol. The lowest BCUT2D eigenvalue weighted by atomic mass is 10.00. The molecular weight excluding hydrogens is 207 g/mol. The minimum absolute atomic E-state index is 0.496. The summed E-state index contributed by atoms with van der Waals surface area (Å²) >= 11 is 0. The molecule has 0 aliphatic carbocycles. The molecule has 0 bridgehead atoms. The lowest BCUT2D eigenvalue weighted by Gasteiger charge is -2.16. The number of rotatable bonds is 5. The van der Waals surface area contributed by atoms with Crippen molar-refractivity contribution < 1.29 is 19.4 Å². The summed E-state index contributed by atoms with van der Waals surface area (Å²) in [5.41, 5.74) is 2.00. The average Bonchev–Trinajstić information content (AvgIpc) is 2.27. The third kappa shape index (κ3) is 2.68. The van der Waals surface area contributed by atoms with Gasteiger partial charge < -0.3 is 19.4 Å². The molecule has 0 heterocycles. The molecule has 0 aromatic heterocycles. The predicted molar refractivity (Wildman–Crippen MR) is 62.6 cm³/mol. The van der Waals surface area contributed by atoms with Gasteiger partial charge in [-0.3, -0.25) is 0 Å². The monoisotopic (exact) mass is 224 g/mol. The fourth-order valence-electron chi connectivity index (χ4n) is 1.84. The second-order valence-electron chi connectivity index (χ2n) is 3.37. The summed E-state index contributed by atoms with van der Waals surface area (Å²) in [4.78, 5) is 0. The molecule has 0 unspecified atom stereocenters. The van der Waals surface area contributed by atoms with Crippen molar-refractivity contribution in [1.29, 1.82) is 0 Å². The third-order valence-electron chi connectivity index (χ3n) is 2.50. The highest BCUT2D eigenvalue weighted by Gasteiger charge is 2.17. The van der Waals surface area contributed by atoms with E-state index in [1.54, 1.807) is 19.2 Å². The Kier molecular flexibility index (Phi) is 4.64. The number of hydrogen-bond acceptors (Lipinski definition) is 4.